The van der Waals surface area contributed by atoms with Gasteiger partial charge in [-0.3, -0.25) is 0 Å². The van der Waals surface area contributed by atoms with Gasteiger partial charge < -0.3 is 4.42 Å². The Morgan fingerprint density at radius 2 is 0.978 bits per heavy atom. The van der Waals surface area contributed by atoms with E-state index in [1.165, 1.54) is 21.9 Å². The zero-order valence-electron chi connectivity index (χ0n) is 24.2. The molecule has 0 atom stereocenters. The van der Waals surface area contributed by atoms with Crippen LogP contribution >= 0.6 is 0 Å². The molecule has 9 aromatic rings. The second kappa shape index (κ2) is 10.2. The topological polar surface area (TPSA) is 51.8 Å². The molecular formula is C41H25N3O. The maximum absolute atomic E-state index is 6.22. The van der Waals surface area contributed by atoms with Crippen molar-refractivity contribution in [1.82, 2.24) is 15.0 Å². The van der Waals surface area contributed by atoms with Gasteiger partial charge in [-0.2, -0.15) is 0 Å². The van der Waals surface area contributed by atoms with Gasteiger partial charge in [0.25, 0.3) is 0 Å². The van der Waals surface area contributed by atoms with Crippen LogP contribution in [0.25, 0.3) is 88.8 Å². The molecule has 210 valence electrons. The summed E-state index contributed by atoms with van der Waals surface area (Å²) in [5, 5.41) is 6.67. The number of aromatic nitrogens is 3. The fourth-order valence-electron chi connectivity index (χ4n) is 6.33. The molecule has 4 heteroatoms. The Morgan fingerprint density at radius 1 is 0.356 bits per heavy atom. The fourth-order valence-corrected chi connectivity index (χ4v) is 6.33. The quantitative estimate of drug-likeness (QED) is 0.209. The lowest BCUT2D eigenvalue weighted by atomic mass is 9.96. The standard InChI is InChI=1S/C41H25N3O/c1-2-11-27(12-3-1)32-16-8-14-28-21-23-31(25-35(28)32)40-42-39(30-22-20-26-10-4-5-13-29(26)24-30)43-41(44-40)34-17-9-19-37-38(34)33-15-6-7-18-36(33)45-37/h1-25H. The minimum atomic E-state index is 0.608. The first kappa shape index (κ1) is 25.4. The van der Waals surface area contributed by atoms with Crippen LogP contribution in [0.2, 0.25) is 0 Å². The van der Waals surface area contributed by atoms with Crippen LogP contribution in [0.1, 0.15) is 0 Å². The summed E-state index contributed by atoms with van der Waals surface area (Å²) >= 11 is 0. The molecule has 0 saturated heterocycles. The molecule has 0 bridgehead atoms. The van der Waals surface area contributed by atoms with Gasteiger partial charge in [-0.05, 0) is 56.9 Å². The summed E-state index contributed by atoms with van der Waals surface area (Å²) in [6.07, 6.45) is 0. The van der Waals surface area contributed by atoms with Crippen LogP contribution in [0.4, 0.5) is 0 Å². The molecule has 0 aliphatic rings. The Hall–Kier alpha value is -6.13. The minimum Gasteiger partial charge on any atom is -0.456 e. The third kappa shape index (κ3) is 4.35. The van der Waals surface area contributed by atoms with Crippen molar-refractivity contribution < 1.29 is 4.42 Å². The van der Waals surface area contributed by atoms with Crippen molar-refractivity contribution >= 4 is 43.5 Å². The highest BCUT2D eigenvalue weighted by Crippen LogP contribution is 2.37. The number of furan rings is 1. The average Bonchev–Trinajstić information content (AvgIpc) is 3.50. The van der Waals surface area contributed by atoms with Crippen LogP contribution in [-0.4, -0.2) is 15.0 Å². The Labute approximate surface area is 259 Å². The molecular weight excluding hydrogens is 550 g/mol. The summed E-state index contributed by atoms with van der Waals surface area (Å²) in [7, 11) is 0. The van der Waals surface area contributed by atoms with Crippen LogP contribution in [0.5, 0.6) is 0 Å². The lowest BCUT2D eigenvalue weighted by Crippen LogP contribution is -2.00. The Bertz CT molecular complexity index is 2550. The monoisotopic (exact) mass is 575 g/mol. The summed E-state index contributed by atoms with van der Waals surface area (Å²) < 4.78 is 6.22. The number of para-hydroxylation sites is 1. The Kier molecular flexibility index (Phi) is 5.78. The first-order chi connectivity index (χ1) is 22.3. The van der Waals surface area contributed by atoms with E-state index in [9.17, 15) is 0 Å². The van der Waals surface area contributed by atoms with Crippen molar-refractivity contribution in [1.29, 1.82) is 0 Å². The summed E-state index contributed by atoms with van der Waals surface area (Å²) in [4.78, 5) is 15.3. The number of benzene rings is 7. The van der Waals surface area contributed by atoms with Gasteiger partial charge in [0, 0.05) is 27.5 Å². The highest BCUT2D eigenvalue weighted by atomic mass is 16.3. The van der Waals surface area contributed by atoms with Crippen LogP contribution in [0.15, 0.2) is 156 Å². The van der Waals surface area contributed by atoms with E-state index in [-0.39, 0.29) is 0 Å². The third-order valence-electron chi connectivity index (χ3n) is 8.51. The summed E-state index contributed by atoms with van der Waals surface area (Å²) in [5.74, 6) is 1.86. The highest BCUT2D eigenvalue weighted by molar-refractivity contribution is 6.11. The zero-order valence-corrected chi connectivity index (χ0v) is 24.2. The maximum atomic E-state index is 6.22. The van der Waals surface area contributed by atoms with E-state index in [4.69, 9.17) is 19.4 Å². The molecule has 9 rings (SSSR count). The minimum absolute atomic E-state index is 0.608. The smallest absolute Gasteiger partial charge is 0.164 e. The van der Waals surface area contributed by atoms with Crippen molar-refractivity contribution in [3.63, 3.8) is 0 Å². The largest absolute Gasteiger partial charge is 0.456 e. The number of rotatable bonds is 4. The Balaban J connectivity index is 1.30. The predicted octanol–water partition coefficient (Wildman–Crippen LogP) is 10.7. The number of fused-ring (bicyclic) bond motifs is 5. The fraction of sp³-hybridized carbons (Fsp3) is 0. The van der Waals surface area contributed by atoms with E-state index in [2.05, 4.69) is 115 Å². The lowest BCUT2D eigenvalue weighted by molar-refractivity contribution is 0.669. The molecule has 0 fully saturated rings. The second-order valence-electron chi connectivity index (χ2n) is 11.3. The van der Waals surface area contributed by atoms with Crippen molar-refractivity contribution in [3.05, 3.63) is 152 Å². The summed E-state index contributed by atoms with van der Waals surface area (Å²) in [6, 6.07) is 52.3. The molecule has 0 spiro atoms. The van der Waals surface area contributed by atoms with Crippen LogP contribution < -0.4 is 0 Å². The molecule has 0 unspecified atom stereocenters. The molecule has 4 nitrogen and oxygen atoms in total. The van der Waals surface area contributed by atoms with Gasteiger partial charge in [-0.25, -0.2) is 15.0 Å². The first-order valence-corrected chi connectivity index (χ1v) is 15.0. The van der Waals surface area contributed by atoms with E-state index in [1.807, 2.05) is 36.4 Å². The van der Waals surface area contributed by atoms with Crippen molar-refractivity contribution in [2.24, 2.45) is 0 Å². The van der Waals surface area contributed by atoms with E-state index in [0.29, 0.717) is 17.5 Å². The van der Waals surface area contributed by atoms with E-state index < -0.39 is 0 Å². The van der Waals surface area contributed by atoms with Gasteiger partial charge in [0.15, 0.2) is 17.5 Å². The molecule has 0 amide bonds. The molecule has 0 radical (unpaired) electrons. The van der Waals surface area contributed by atoms with Crippen molar-refractivity contribution in [2.75, 3.05) is 0 Å². The van der Waals surface area contributed by atoms with Gasteiger partial charge in [0.05, 0.1) is 0 Å². The van der Waals surface area contributed by atoms with Crippen LogP contribution in [0.3, 0.4) is 0 Å². The molecule has 2 aromatic heterocycles. The maximum Gasteiger partial charge on any atom is 0.164 e. The third-order valence-corrected chi connectivity index (χ3v) is 8.51. The number of hydrogen-bond donors (Lipinski definition) is 0. The van der Waals surface area contributed by atoms with Gasteiger partial charge in [0.1, 0.15) is 11.2 Å². The van der Waals surface area contributed by atoms with Crippen molar-refractivity contribution in [2.45, 2.75) is 0 Å². The zero-order chi connectivity index (χ0) is 29.7. The highest BCUT2D eigenvalue weighted by Gasteiger charge is 2.18. The molecule has 7 aromatic carbocycles. The average molecular weight is 576 g/mol. The van der Waals surface area contributed by atoms with E-state index in [0.717, 1.165) is 49.4 Å². The summed E-state index contributed by atoms with van der Waals surface area (Å²) in [6.45, 7) is 0. The van der Waals surface area contributed by atoms with E-state index in [1.54, 1.807) is 0 Å². The lowest BCUT2D eigenvalue weighted by Gasteiger charge is -2.12. The molecule has 45 heavy (non-hydrogen) atoms. The van der Waals surface area contributed by atoms with Crippen molar-refractivity contribution in [3.8, 4) is 45.3 Å². The molecule has 0 aliphatic carbocycles. The normalized spacial score (nSPS) is 11.6. The van der Waals surface area contributed by atoms with Gasteiger partial charge in [-0.15, -0.1) is 0 Å². The first-order valence-electron chi connectivity index (χ1n) is 15.0. The van der Waals surface area contributed by atoms with Gasteiger partial charge in [-0.1, -0.05) is 127 Å². The van der Waals surface area contributed by atoms with E-state index >= 15 is 0 Å². The van der Waals surface area contributed by atoms with Gasteiger partial charge >= 0.3 is 0 Å². The molecule has 0 aliphatic heterocycles. The van der Waals surface area contributed by atoms with Crippen LogP contribution in [0, 0.1) is 0 Å². The molecule has 2 heterocycles. The van der Waals surface area contributed by atoms with Gasteiger partial charge in [0.2, 0.25) is 0 Å². The predicted molar refractivity (Wildman–Crippen MR) is 184 cm³/mol. The SMILES string of the molecule is c1ccc(-c2cccc3ccc(-c4nc(-c5ccc6ccccc6c5)nc(-c5cccc6oc7ccccc7c56)n4)cc23)cc1. The molecule has 0 saturated carbocycles. The Morgan fingerprint density at radius 3 is 1.84 bits per heavy atom. The van der Waals surface area contributed by atoms with Crippen LogP contribution in [-0.2, 0) is 0 Å². The molecule has 0 N–H and O–H groups in total. The second-order valence-corrected chi connectivity index (χ2v) is 11.3. The number of nitrogens with zero attached hydrogens (tertiary/aromatic N) is 3. The number of hydrogen-bond acceptors (Lipinski definition) is 4. The summed E-state index contributed by atoms with van der Waals surface area (Å²) in [5.41, 5.74) is 6.77.